The minimum absolute atomic E-state index is 0.184. The van der Waals surface area contributed by atoms with E-state index in [1.54, 1.807) is 6.92 Å². The molecule has 0 rings (SSSR count). The van der Waals surface area contributed by atoms with E-state index in [1.165, 1.54) is 6.08 Å². The molecule has 0 aliphatic heterocycles. The quantitative estimate of drug-likeness (QED) is 0.656. The first-order chi connectivity index (χ1) is 6.90. The monoisotopic (exact) mass is 213 g/mol. The second-order valence-corrected chi connectivity index (χ2v) is 3.96. The van der Waals surface area contributed by atoms with Crippen LogP contribution in [0.2, 0.25) is 0 Å². The number of amides is 1. The van der Waals surface area contributed by atoms with Crippen LogP contribution in [0.25, 0.3) is 0 Å². The Morgan fingerprint density at radius 3 is 2.27 bits per heavy atom. The van der Waals surface area contributed by atoms with Crippen LogP contribution in [0.15, 0.2) is 12.7 Å². The second kappa shape index (κ2) is 6.22. The Bertz CT molecular complexity index is 248. The molecule has 86 valence electrons. The Kier molecular flexibility index (Phi) is 5.67. The van der Waals surface area contributed by atoms with Crippen molar-refractivity contribution in [2.45, 2.75) is 33.2 Å². The molecule has 0 heterocycles. The number of carboxylic acid groups (broad SMARTS) is 1. The molecule has 0 aromatic rings. The van der Waals surface area contributed by atoms with E-state index < -0.39 is 12.0 Å². The lowest BCUT2D eigenvalue weighted by atomic mass is 9.97. The van der Waals surface area contributed by atoms with E-state index in [-0.39, 0.29) is 24.2 Å². The maximum absolute atomic E-state index is 11.6. The molecule has 0 bridgehead atoms. The van der Waals surface area contributed by atoms with Gasteiger partial charge in [-0.15, -0.1) is 6.58 Å². The average Bonchev–Trinajstić information content (AvgIpc) is 2.15. The van der Waals surface area contributed by atoms with Gasteiger partial charge in [0.25, 0.3) is 0 Å². The van der Waals surface area contributed by atoms with Gasteiger partial charge in [0.2, 0.25) is 5.91 Å². The maximum atomic E-state index is 11.6. The normalized spacial score (nSPS) is 14.4. The summed E-state index contributed by atoms with van der Waals surface area (Å²) < 4.78 is 0. The zero-order valence-corrected chi connectivity index (χ0v) is 9.49. The highest BCUT2D eigenvalue weighted by molar-refractivity contribution is 5.84. The Morgan fingerprint density at radius 2 is 1.93 bits per heavy atom. The van der Waals surface area contributed by atoms with Crippen LogP contribution in [0.4, 0.5) is 0 Å². The van der Waals surface area contributed by atoms with E-state index in [0.29, 0.717) is 0 Å². The summed E-state index contributed by atoms with van der Waals surface area (Å²) in [5, 5.41) is 11.3. The Morgan fingerprint density at radius 1 is 1.40 bits per heavy atom. The van der Waals surface area contributed by atoms with Crippen molar-refractivity contribution in [1.29, 1.82) is 0 Å². The molecule has 0 aliphatic carbocycles. The Labute approximate surface area is 90.4 Å². The molecule has 0 fully saturated rings. The fraction of sp³-hybridized carbons (Fsp3) is 0.636. The number of aliphatic carboxylic acids is 1. The minimum atomic E-state index is -1.03. The number of carbonyl (C=O) groups excluding carboxylic acids is 1. The van der Waals surface area contributed by atoms with Crippen LogP contribution in [0.1, 0.15) is 27.2 Å². The summed E-state index contributed by atoms with van der Waals surface area (Å²) in [5.74, 6) is -1.24. The lowest BCUT2D eigenvalue weighted by Crippen LogP contribution is -2.43. The number of rotatable bonds is 6. The summed E-state index contributed by atoms with van der Waals surface area (Å²) in [5.41, 5.74) is 0. The lowest BCUT2D eigenvalue weighted by molar-refractivity contribution is -0.142. The smallest absolute Gasteiger partial charge is 0.326 e. The molecule has 0 aliphatic rings. The first-order valence-electron chi connectivity index (χ1n) is 5.04. The second-order valence-electron chi connectivity index (χ2n) is 3.96. The average molecular weight is 213 g/mol. The Hall–Kier alpha value is -1.32. The van der Waals surface area contributed by atoms with Gasteiger partial charge in [0.15, 0.2) is 0 Å². The zero-order valence-electron chi connectivity index (χ0n) is 9.49. The van der Waals surface area contributed by atoms with Crippen molar-refractivity contribution in [2.75, 3.05) is 0 Å². The van der Waals surface area contributed by atoms with E-state index >= 15 is 0 Å². The van der Waals surface area contributed by atoms with Crippen molar-refractivity contribution < 1.29 is 14.7 Å². The number of nitrogens with one attached hydrogen (secondary N) is 1. The molecular formula is C11H19NO3. The molecule has 0 radical (unpaired) electrons. The van der Waals surface area contributed by atoms with Crippen molar-refractivity contribution >= 4 is 11.9 Å². The molecule has 2 atom stereocenters. The first-order valence-corrected chi connectivity index (χ1v) is 5.04. The van der Waals surface area contributed by atoms with Crippen molar-refractivity contribution in [2.24, 2.45) is 11.8 Å². The molecule has 0 aromatic heterocycles. The predicted octanol–water partition coefficient (Wildman–Crippen LogP) is 1.42. The molecule has 0 saturated heterocycles. The van der Waals surface area contributed by atoms with Crippen molar-refractivity contribution in [1.82, 2.24) is 5.32 Å². The molecule has 1 amide bonds. The molecule has 0 saturated carbocycles. The van der Waals surface area contributed by atoms with E-state index in [2.05, 4.69) is 11.9 Å². The summed E-state index contributed by atoms with van der Waals surface area (Å²) >= 11 is 0. The maximum Gasteiger partial charge on any atom is 0.326 e. The Balaban J connectivity index is 4.34. The van der Waals surface area contributed by atoms with E-state index in [4.69, 9.17) is 5.11 Å². The van der Waals surface area contributed by atoms with Gasteiger partial charge in [-0.3, -0.25) is 4.79 Å². The third-order valence-corrected chi connectivity index (χ3v) is 2.43. The van der Waals surface area contributed by atoms with Gasteiger partial charge in [0.1, 0.15) is 6.04 Å². The fourth-order valence-electron chi connectivity index (χ4n) is 0.994. The summed E-state index contributed by atoms with van der Waals surface area (Å²) in [7, 11) is 0. The lowest BCUT2D eigenvalue weighted by Gasteiger charge is -2.18. The molecule has 2 N–H and O–H groups in total. The highest BCUT2D eigenvalue weighted by atomic mass is 16.4. The molecule has 0 spiro atoms. The van der Waals surface area contributed by atoms with Crippen LogP contribution < -0.4 is 5.32 Å². The SMILES string of the molecule is C=CCC(NC(=O)C(C)C(C)C)C(=O)O. The summed E-state index contributed by atoms with van der Waals surface area (Å²) in [4.78, 5) is 22.3. The van der Waals surface area contributed by atoms with Gasteiger partial charge in [0, 0.05) is 5.92 Å². The summed E-state index contributed by atoms with van der Waals surface area (Å²) in [6.45, 7) is 9.09. The van der Waals surface area contributed by atoms with Crippen LogP contribution in [0.3, 0.4) is 0 Å². The largest absolute Gasteiger partial charge is 0.480 e. The minimum Gasteiger partial charge on any atom is -0.480 e. The van der Waals surface area contributed by atoms with Gasteiger partial charge < -0.3 is 10.4 Å². The number of hydrogen-bond acceptors (Lipinski definition) is 2. The first kappa shape index (κ1) is 13.7. The van der Waals surface area contributed by atoms with Crippen molar-refractivity contribution in [3.63, 3.8) is 0 Å². The van der Waals surface area contributed by atoms with Gasteiger partial charge >= 0.3 is 5.97 Å². The zero-order chi connectivity index (χ0) is 12.0. The van der Waals surface area contributed by atoms with Crippen molar-refractivity contribution in [3.8, 4) is 0 Å². The number of carboxylic acids is 1. The van der Waals surface area contributed by atoms with Crippen LogP contribution in [-0.4, -0.2) is 23.0 Å². The molecular weight excluding hydrogens is 194 g/mol. The van der Waals surface area contributed by atoms with Crippen LogP contribution >= 0.6 is 0 Å². The van der Waals surface area contributed by atoms with Crippen LogP contribution in [-0.2, 0) is 9.59 Å². The molecule has 4 nitrogen and oxygen atoms in total. The van der Waals surface area contributed by atoms with Gasteiger partial charge in [-0.05, 0) is 12.3 Å². The molecule has 2 unspecified atom stereocenters. The molecule has 0 aromatic carbocycles. The van der Waals surface area contributed by atoms with Gasteiger partial charge in [-0.25, -0.2) is 4.79 Å². The standard InChI is InChI=1S/C11H19NO3/c1-5-6-9(11(14)15)12-10(13)8(4)7(2)3/h5,7-9H,1,6H2,2-4H3,(H,12,13)(H,14,15). The fourth-order valence-corrected chi connectivity index (χ4v) is 0.994. The van der Waals surface area contributed by atoms with Gasteiger partial charge in [-0.2, -0.15) is 0 Å². The third kappa shape index (κ3) is 4.63. The van der Waals surface area contributed by atoms with E-state index in [0.717, 1.165) is 0 Å². The van der Waals surface area contributed by atoms with Crippen molar-refractivity contribution in [3.05, 3.63) is 12.7 Å². The predicted molar refractivity (Wildman–Crippen MR) is 58.4 cm³/mol. The van der Waals surface area contributed by atoms with Gasteiger partial charge in [-0.1, -0.05) is 26.8 Å². The highest BCUT2D eigenvalue weighted by Crippen LogP contribution is 2.10. The van der Waals surface area contributed by atoms with Gasteiger partial charge in [0.05, 0.1) is 0 Å². The summed E-state index contributed by atoms with van der Waals surface area (Å²) in [6.07, 6.45) is 1.73. The number of carbonyl (C=O) groups is 2. The van der Waals surface area contributed by atoms with Crippen LogP contribution in [0.5, 0.6) is 0 Å². The molecule has 4 heteroatoms. The van der Waals surface area contributed by atoms with Crippen LogP contribution in [0, 0.1) is 11.8 Å². The third-order valence-electron chi connectivity index (χ3n) is 2.43. The summed E-state index contributed by atoms with van der Waals surface area (Å²) in [6, 6.07) is -0.865. The number of hydrogen-bond donors (Lipinski definition) is 2. The van der Waals surface area contributed by atoms with E-state index in [1.807, 2.05) is 13.8 Å². The molecule has 15 heavy (non-hydrogen) atoms. The topological polar surface area (TPSA) is 66.4 Å². The van der Waals surface area contributed by atoms with E-state index in [9.17, 15) is 9.59 Å². The highest BCUT2D eigenvalue weighted by Gasteiger charge is 2.23.